The van der Waals surface area contributed by atoms with Crippen LogP contribution in [0.1, 0.15) is 32.8 Å². The largest absolute Gasteiger partial charge is 0.312 e. The molecule has 0 saturated heterocycles. The smallest absolute Gasteiger partial charge is 0.0303 e. The number of nitrogens with zero attached hydrogens (tertiary/aromatic N) is 1. The third-order valence-electron chi connectivity index (χ3n) is 4.03. The maximum absolute atomic E-state index is 3.70. The zero-order valence-corrected chi connectivity index (χ0v) is 14.4. The van der Waals surface area contributed by atoms with Crippen molar-refractivity contribution in [2.75, 3.05) is 20.6 Å². The first-order chi connectivity index (χ1) is 8.89. The van der Waals surface area contributed by atoms with Crippen LogP contribution in [0.5, 0.6) is 0 Å². The Hall–Kier alpha value is -0.380. The molecule has 1 atom stereocenters. The van der Waals surface area contributed by atoms with Gasteiger partial charge in [-0.2, -0.15) is 0 Å². The van der Waals surface area contributed by atoms with Crippen molar-refractivity contribution in [2.45, 2.75) is 45.2 Å². The molecule has 2 nitrogen and oxygen atoms in total. The van der Waals surface area contributed by atoms with Crippen LogP contribution in [0.3, 0.4) is 0 Å². The zero-order chi connectivity index (χ0) is 14.5. The van der Waals surface area contributed by atoms with Gasteiger partial charge in [0.05, 0.1) is 0 Å². The zero-order valence-electron chi connectivity index (χ0n) is 12.8. The van der Waals surface area contributed by atoms with E-state index in [-0.39, 0.29) is 5.54 Å². The Balaban J connectivity index is 2.89. The monoisotopic (exact) mass is 326 g/mol. The lowest BCUT2D eigenvalue weighted by molar-refractivity contribution is 0.137. The highest BCUT2D eigenvalue weighted by Gasteiger charge is 2.31. The molecule has 0 aliphatic carbocycles. The quantitative estimate of drug-likeness (QED) is 0.821. The summed E-state index contributed by atoms with van der Waals surface area (Å²) in [4.78, 5) is 2.30. The molecule has 0 aromatic heterocycles. The molecule has 1 aromatic carbocycles. The minimum atomic E-state index is 0.116. The van der Waals surface area contributed by atoms with E-state index in [0.717, 1.165) is 19.4 Å². The van der Waals surface area contributed by atoms with Crippen molar-refractivity contribution in [1.29, 1.82) is 0 Å². The normalized spacial score (nSPS) is 13.8. The fourth-order valence-electron chi connectivity index (χ4n) is 2.09. The molecule has 0 aliphatic rings. The second kappa shape index (κ2) is 7.41. The average Bonchev–Trinajstić information content (AvgIpc) is 2.36. The Labute approximate surface area is 126 Å². The highest BCUT2D eigenvalue weighted by atomic mass is 79.9. The van der Waals surface area contributed by atoms with Crippen LogP contribution in [-0.2, 0) is 6.42 Å². The van der Waals surface area contributed by atoms with Gasteiger partial charge in [-0.1, -0.05) is 41.1 Å². The fourth-order valence-corrected chi connectivity index (χ4v) is 2.53. The van der Waals surface area contributed by atoms with E-state index in [1.54, 1.807) is 0 Å². The first kappa shape index (κ1) is 16.7. The van der Waals surface area contributed by atoms with Crippen LogP contribution < -0.4 is 5.32 Å². The maximum atomic E-state index is 3.70. The standard InChI is InChI=1S/C16H27BrN2/c1-6-11-18-15(16(2,3)19(4)5)12-13-9-7-8-10-14(13)17/h7-10,15,18H,6,11-12H2,1-5H3. The van der Waals surface area contributed by atoms with Gasteiger partial charge in [0, 0.05) is 16.1 Å². The van der Waals surface area contributed by atoms with E-state index in [4.69, 9.17) is 0 Å². The maximum Gasteiger partial charge on any atom is 0.0303 e. The Morgan fingerprint density at radius 2 is 1.89 bits per heavy atom. The topological polar surface area (TPSA) is 15.3 Å². The number of rotatable bonds is 7. The van der Waals surface area contributed by atoms with Gasteiger partial charge in [0.1, 0.15) is 0 Å². The van der Waals surface area contributed by atoms with Crippen LogP contribution in [0.4, 0.5) is 0 Å². The summed E-state index contributed by atoms with van der Waals surface area (Å²) in [5.74, 6) is 0. The summed E-state index contributed by atoms with van der Waals surface area (Å²) in [7, 11) is 4.31. The third kappa shape index (κ3) is 4.59. The van der Waals surface area contributed by atoms with Gasteiger partial charge in [0.2, 0.25) is 0 Å². The molecule has 1 unspecified atom stereocenters. The van der Waals surface area contributed by atoms with Crippen LogP contribution in [0.2, 0.25) is 0 Å². The van der Waals surface area contributed by atoms with Gasteiger partial charge in [0.15, 0.2) is 0 Å². The summed E-state index contributed by atoms with van der Waals surface area (Å²) in [5.41, 5.74) is 1.48. The molecule has 3 heteroatoms. The van der Waals surface area contributed by atoms with Gasteiger partial charge < -0.3 is 10.2 Å². The molecule has 0 heterocycles. The summed E-state index contributed by atoms with van der Waals surface area (Å²) in [6.07, 6.45) is 2.20. The average molecular weight is 327 g/mol. The molecular weight excluding hydrogens is 300 g/mol. The van der Waals surface area contributed by atoms with E-state index < -0.39 is 0 Å². The van der Waals surface area contributed by atoms with Gasteiger partial charge in [-0.3, -0.25) is 0 Å². The fraction of sp³-hybridized carbons (Fsp3) is 0.625. The SMILES string of the molecule is CCCNC(Cc1ccccc1Br)C(C)(C)N(C)C. The van der Waals surface area contributed by atoms with Gasteiger partial charge in [-0.25, -0.2) is 0 Å². The second-order valence-corrected chi connectivity index (χ2v) is 6.70. The van der Waals surface area contributed by atoms with E-state index >= 15 is 0 Å². The predicted octanol–water partition coefficient (Wildman–Crippen LogP) is 3.70. The first-order valence-electron chi connectivity index (χ1n) is 7.03. The third-order valence-corrected chi connectivity index (χ3v) is 4.80. The van der Waals surface area contributed by atoms with E-state index in [1.807, 2.05) is 0 Å². The lowest BCUT2D eigenvalue weighted by Gasteiger charge is -2.41. The van der Waals surface area contributed by atoms with Crippen molar-refractivity contribution in [3.05, 3.63) is 34.3 Å². The summed E-state index contributed by atoms with van der Waals surface area (Å²) in [6, 6.07) is 8.94. The van der Waals surface area contributed by atoms with Crippen molar-refractivity contribution >= 4 is 15.9 Å². The second-order valence-electron chi connectivity index (χ2n) is 5.85. The number of benzene rings is 1. The lowest BCUT2D eigenvalue weighted by atomic mass is 9.88. The summed E-state index contributed by atoms with van der Waals surface area (Å²) in [5, 5.41) is 3.70. The van der Waals surface area contributed by atoms with Gasteiger partial charge in [-0.05, 0) is 59.0 Å². The molecule has 1 N–H and O–H groups in total. The summed E-state index contributed by atoms with van der Waals surface area (Å²) >= 11 is 3.66. The van der Waals surface area contributed by atoms with Crippen LogP contribution in [-0.4, -0.2) is 37.1 Å². The molecule has 0 saturated carbocycles. The molecule has 0 fully saturated rings. The van der Waals surface area contributed by atoms with E-state index in [1.165, 1.54) is 10.0 Å². The Bertz CT molecular complexity index is 388. The minimum absolute atomic E-state index is 0.116. The molecule has 0 spiro atoms. The number of hydrogen-bond acceptors (Lipinski definition) is 2. The van der Waals surface area contributed by atoms with Crippen LogP contribution in [0.15, 0.2) is 28.7 Å². The first-order valence-corrected chi connectivity index (χ1v) is 7.83. The van der Waals surface area contributed by atoms with Gasteiger partial charge >= 0.3 is 0 Å². The van der Waals surface area contributed by atoms with Crippen LogP contribution in [0.25, 0.3) is 0 Å². The molecule has 0 radical (unpaired) electrons. The van der Waals surface area contributed by atoms with Crippen molar-refractivity contribution < 1.29 is 0 Å². The van der Waals surface area contributed by atoms with Crippen molar-refractivity contribution in [3.63, 3.8) is 0 Å². The van der Waals surface area contributed by atoms with Crippen LogP contribution in [0, 0.1) is 0 Å². The van der Waals surface area contributed by atoms with Crippen molar-refractivity contribution in [3.8, 4) is 0 Å². The van der Waals surface area contributed by atoms with E-state index in [2.05, 4.69) is 85.3 Å². The molecular formula is C16H27BrN2. The van der Waals surface area contributed by atoms with E-state index in [0.29, 0.717) is 6.04 Å². The molecule has 19 heavy (non-hydrogen) atoms. The molecule has 108 valence electrons. The van der Waals surface area contributed by atoms with Crippen molar-refractivity contribution in [2.24, 2.45) is 0 Å². The predicted molar refractivity (Wildman–Crippen MR) is 87.7 cm³/mol. The Morgan fingerprint density at radius 1 is 1.26 bits per heavy atom. The van der Waals surface area contributed by atoms with Crippen molar-refractivity contribution in [1.82, 2.24) is 10.2 Å². The van der Waals surface area contributed by atoms with Gasteiger partial charge in [-0.15, -0.1) is 0 Å². The highest BCUT2D eigenvalue weighted by Crippen LogP contribution is 2.23. The molecule has 1 rings (SSSR count). The minimum Gasteiger partial charge on any atom is -0.312 e. The summed E-state index contributed by atoms with van der Waals surface area (Å²) < 4.78 is 1.20. The Kier molecular flexibility index (Phi) is 6.51. The van der Waals surface area contributed by atoms with E-state index in [9.17, 15) is 0 Å². The lowest BCUT2D eigenvalue weighted by Crippen LogP contribution is -2.56. The van der Waals surface area contributed by atoms with Crippen LogP contribution >= 0.6 is 15.9 Å². The molecule has 0 bridgehead atoms. The summed E-state index contributed by atoms with van der Waals surface area (Å²) in [6.45, 7) is 7.88. The van der Waals surface area contributed by atoms with Gasteiger partial charge in [0.25, 0.3) is 0 Å². The highest BCUT2D eigenvalue weighted by molar-refractivity contribution is 9.10. The molecule has 0 aliphatic heterocycles. The Morgan fingerprint density at radius 3 is 2.42 bits per heavy atom. The number of likely N-dealkylation sites (N-methyl/N-ethyl adjacent to an activating group) is 1. The number of halogens is 1. The molecule has 0 amide bonds. The number of nitrogens with one attached hydrogen (secondary N) is 1. The number of hydrogen-bond donors (Lipinski definition) is 1. The molecule has 1 aromatic rings.